The van der Waals surface area contributed by atoms with E-state index < -0.39 is 0 Å². The fourth-order valence-corrected chi connectivity index (χ4v) is 3.75. The number of rotatable bonds is 6. The lowest BCUT2D eigenvalue weighted by Gasteiger charge is -2.17. The molecule has 1 amide bonds. The number of amides is 1. The van der Waals surface area contributed by atoms with Crippen molar-refractivity contribution in [3.63, 3.8) is 0 Å². The largest absolute Gasteiger partial charge is 0.477 e. The third kappa shape index (κ3) is 3.79. The van der Waals surface area contributed by atoms with E-state index in [1.165, 1.54) is 24.1 Å². The summed E-state index contributed by atoms with van der Waals surface area (Å²) >= 11 is 1.41. The maximum Gasteiger partial charge on any atom is 0.264 e. The Morgan fingerprint density at radius 3 is 3.00 bits per heavy atom. The number of aromatic nitrogens is 3. The molecule has 0 saturated heterocycles. The van der Waals surface area contributed by atoms with Gasteiger partial charge in [0, 0.05) is 25.3 Å². The predicted molar refractivity (Wildman–Crippen MR) is 104 cm³/mol. The minimum Gasteiger partial charge on any atom is -0.477 e. The first-order valence-electron chi connectivity index (χ1n) is 8.71. The highest BCUT2D eigenvalue weighted by molar-refractivity contribution is 7.98. The average molecular weight is 398 g/mol. The lowest BCUT2D eigenvalue weighted by Crippen LogP contribution is -2.33. The number of carbonyl (C=O) groups is 1. The molecular weight excluding hydrogens is 380 g/mol. The summed E-state index contributed by atoms with van der Waals surface area (Å²) in [5.74, 6) is 0.760. The number of thioether (sulfide) groups is 1. The van der Waals surface area contributed by atoms with E-state index in [4.69, 9.17) is 9.15 Å². The molecule has 1 aromatic carbocycles. The lowest BCUT2D eigenvalue weighted by atomic mass is 10.2. The van der Waals surface area contributed by atoms with Crippen LogP contribution in [0.15, 0.2) is 57.3 Å². The average Bonchev–Trinajstić information content (AvgIpc) is 3.31. The molecule has 1 aliphatic rings. The van der Waals surface area contributed by atoms with Crippen LogP contribution in [0, 0.1) is 0 Å². The summed E-state index contributed by atoms with van der Waals surface area (Å²) in [5.41, 5.74) is 1.72. The van der Waals surface area contributed by atoms with E-state index in [9.17, 15) is 9.59 Å². The van der Waals surface area contributed by atoms with Gasteiger partial charge in [0.2, 0.25) is 11.2 Å². The van der Waals surface area contributed by atoms with Crippen molar-refractivity contribution in [2.45, 2.75) is 17.3 Å². The van der Waals surface area contributed by atoms with Crippen LogP contribution in [0.4, 0.5) is 5.69 Å². The summed E-state index contributed by atoms with van der Waals surface area (Å²) in [4.78, 5) is 26.4. The number of hydrogen-bond donors (Lipinski definition) is 0. The van der Waals surface area contributed by atoms with Gasteiger partial charge in [0.15, 0.2) is 11.8 Å². The molecule has 8 nitrogen and oxygen atoms in total. The van der Waals surface area contributed by atoms with Crippen molar-refractivity contribution in [3.05, 3.63) is 64.5 Å². The summed E-state index contributed by atoms with van der Waals surface area (Å²) in [5, 5.41) is 8.48. The highest BCUT2D eigenvalue weighted by Gasteiger charge is 2.24. The van der Waals surface area contributed by atoms with Crippen LogP contribution in [0.1, 0.15) is 11.3 Å². The number of ether oxygens (including phenoxy) is 1. The van der Waals surface area contributed by atoms with Crippen molar-refractivity contribution in [1.29, 1.82) is 0 Å². The van der Waals surface area contributed by atoms with E-state index in [2.05, 4.69) is 10.2 Å². The van der Waals surface area contributed by atoms with E-state index in [-0.39, 0.29) is 23.7 Å². The summed E-state index contributed by atoms with van der Waals surface area (Å²) in [6, 6.07) is 9.15. The van der Waals surface area contributed by atoms with Gasteiger partial charge in [0.25, 0.3) is 5.91 Å². The fraction of sp³-hybridized carbons (Fsp3) is 0.263. The van der Waals surface area contributed by atoms with Crippen LogP contribution in [0.2, 0.25) is 0 Å². The molecule has 0 radical (unpaired) electrons. The minimum absolute atomic E-state index is 0.0215. The molecule has 0 unspecified atom stereocenters. The number of para-hydroxylation sites is 1. The van der Waals surface area contributed by atoms with Gasteiger partial charge in [-0.05, 0) is 18.1 Å². The van der Waals surface area contributed by atoms with E-state index >= 15 is 0 Å². The van der Waals surface area contributed by atoms with Crippen LogP contribution in [-0.2, 0) is 24.0 Å². The summed E-state index contributed by atoms with van der Waals surface area (Å²) < 4.78 is 12.7. The van der Waals surface area contributed by atoms with Gasteiger partial charge in [0.1, 0.15) is 18.4 Å². The highest BCUT2D eigenvalue weighted by atomic mass is 32.2. The van der Waals surface area contributed by atoms with Crippen LogP contribution in [0.5, 0.6) is 5.75 Å². The van der Waals surface area contributed by atoms with Gasteiger partial charge < -0.3 is 18.6 Å². The van der Waals surface area contributed by atoms with Crippen LogP contribution in [0.25, 0.3) is 0 Å². The standard InChI is InChI=1S/C19H18N4O4S/c1-22-12-20-21-19(22)28-11-14-8-16(24)17(9-26-14)27-10-18(25)23-7-6-13-4-2-3-5-15(13)23/h2-5,8-9,12H,6-7,10-11H2,1H3. The molecule has 2 aromatic heterocycles. The molecule has 144 valence electrons. The van der Waals surface area contributed by atoms with Crippen LogP contribution >= 0.6 is 11.8 Å². The van der Waals surface area contributed by atoms with Gasteiger partial charge in [-0.1, -0.05) is 30.0 Å². The van der Waals surface area contributed by atoms with Crippen molar-refractivity contribution >= 4 is 23.4 Å². The number of aryl methyl sites for hydroxylation is 1. The van der Waals surface area contributed by atoms with E-state index in [0.717, 1.165) is 22.8 Å². The smallest absolute Gasteiger partial charge is 0.264 e. The summed E-state index contributed by atoms with van der Waals surface area (Å²) in [6.07, 6.45) is 3.67. The second-order valence-electron chi connectivity index (χ2n) is 6.30. The molecule has 0 atom stereocenters. The first-order chi connectivity index (χ1) is 13.6. The Morgan fingerprint density at radius 1 is 1.36 bits per heavy atom. The van der Waals surface area contributed by atoms with Crippen molar-refractivity contribution in [2.75, 3.05) is 18.1 Å². The number of fused-ring (bicyclic) bond motifs is 1. The van der Waals surface area contributed by atoms with Crippen molar-refractivity contribution in [3.8, 4) is 5.75 Å². The molecule has 0 bridgehead atoms. The highest BCUT2D eigenvalue weighted by Crippen LogP contribution is 2.27. The van der Waals surface area contributed by atoms with Gasteiger partial charge in [-0.2, -0.15) is 0 Å². The number of benzene rings is 1. The summed E-state index contributed by atoms with van der Waals surface area (Å²) in [7, 11) is 1.84. The van der Waals surface area contributed by atoms with Crippen LogP contribution < -0.4 is 15.1 Å². The Hall–Kier alpha value is -3.07. The van der Waals surface area contributed by atoms with Gasteiger partial charge in [0.05, 0.1) is 5.75 Å². The Morgan fingerprint density at radius 2 is 2.21 bits per heavy atom. The van der Waals surface area contributed by atoms with Crippen molar-refractivity contribution in [2.24, 2.45) is 7.05 Å². The summed E-state index contributed by atoms with van der Waals surface area (Å²) in [6.45, 7) is 0.403. The van der Waals surface area contributed by atoms with Gasteiger partial charge >= 0.3 is 0 Å². The molecule has 3 aromatic rings. The molecule has 0 aliphatic carbocycles. The molecule has 1 aliphatic heterocycles. The number of anilines is 1. The molecule has 28 heavy (non-hydrogen) atoms. The van der Waals surface area contributed by atoms with Crippen molar-refractivity contribution in [1.82, 2.24) is 14.8 Å². The zero-order chi connectivity index (χ0) is 19.5. The Balaban J connectivity index is 1.36. The van der Waals surface area contributed by atoms with Crippen LogP contribution in [-0.4, -0.2) is 33.8 Å². The van der Waals surface area contributed by atoms with E-state index in [1.807, 2.05) is 31.3 Å². The van der Waals surface area contributed by atoms with Gasteiger partial charge in [-0.3, -0.25) is 9.59 Å². The molecule has 0 saturated carbocycles. The topological polar surface area (TPSA) is 90.5 Å². The van der Waals surface area contributed by atoms with Crippen molar-refractivity contribution < 1.29 is 13.9 Å². The minimum atomic E-state index is -0.325. The maximum atomic E-state index is 12.5. The first-order valence-corrected chi connectivity index (χ1v) is 9.70. The Labute approximate surface area is 165 Å². The van der Waals surface area contributed by atoms with Crippen LogP contribution in [0.3, 0.4) is 0 Å². The number of nitrogens with zero attached hydrogens (tertiary/aromatic N) is 4. The van der Waals surface area contributed by atoms with E-state index in [0.29, 0.717) is 18.1 Å². The second-order valence-corrected chi connectivity index (χ2v) is 7.24. The van der Waals surface area contributed by atoms with Gasteiger partial charge in [-0.15, -0.1) is 10.2 Å². The second kappa shape index (κ2) is 7.89. The molecule has 0 spiro atoms. The zero-order valence-electron chi connectivity index (χ0n) is 15.2. The third-order valence-electron chi connectivity index (χ3n) is 4.41. The quantitative estimate of drug-likeness (QED) is 0.587. The number of hydrogen-bond acceptors (Lipinski definition) is 7. The Bertz CT molecular complexity index is 1060. The molecule has 4 rings (SSSR count). The first kappa shape index (κ1) is 18.3. The van der Waals surface area contributed by atoms with Gasteiger partial charge in [-0.25, -0.2) is 0 Å². The maximum absolute atomic E-state index is 12.5. The lowest BCUT2D eigenvalue weighted by molar-refractivity contribution is -0.120. The Kier molecular flexibility index (Phi) is 5.16. The normalized spacial score (nSPS) is 12.8. The predicted octanol–water partition coefficient (Wildman–Crippen LogP) is 2.03. The molecule has 0 fully saturated rings. The zero-order valence-corrected chi connectivity index (χ0v) is 16.0. The molecular formula is C19H18N4O4S. The fourth-order valence-electron chi connectivity index (χ4n) is 2.97. The molecule has 9 heteroatoms. The molecule has 0 N–H and O–H groups in total. The SMILES string of the molecule is Cn1cnnc1SCc1cc(=O)c(OCC(=O)N2CCc3ccccc32)co1. The molecule has 3 heterocycles. The third-order valence-corrected chi connectivity index (χ3v) is 5.46. The number of carbonyl (C=O) groups excluding carboxylic acids is 1. The van der Waals surface area contributed by atoms with E-state index in [1.54, 1.807) is 15.8 Å². The monoisotopic (exact) mass is 398 g/mol.